The largest absolute Gasteiger partial charge is 0.406 e. The lowest BCUT2D eigenvalue weighted by Gasteiger charge is -2.16. The van der Waals surface area contributed by atoms with E-state index in [1.54, 1.807) is 18.2 Å². The van der Waals surface area contributed by atoms with E-state index in [1.807, 2.05) is 0 Å². The van der Waals surface area contributed by atoms with E-state index in [4.69, 9.17) is 11.6 Å². The predicted molar refractivity (Wildman–Crippen MR) is 66.3 cm³/mol. The highest BCUT2D eigenvalue weighted by Gasteiger charge is 2.31. The minimum absolute atomic E-state index is 0.0808. The third-order valence-corrected chi connectivity index (χ3v) is 2.78. The SMILES string of the molecule is CC(Cl)c1nc2ccccc2c(=O)n1CC(F)(F)F. The topological polar surface area (TPSA) is 34.9 Å². The number of aromatic nitrogens is 2. The van der Waals surface area contributed by atoms with Crippen molar-refractivity contribution in [3.63, 3.8) is 0 Å². The molecule has 0 aliphatic carbocycles. The summed E-state index contributed by atoms with van der Waals surface area (Å²) in [5.41, 5.74) is -0.390. The maximum absolute atomic E-state index is 12.5. The van der Waals surface area contributed by atoms with Crippen molar-refractivity contribution < 1.29 is 13.2 Å². The highest BCUT2D eigenvalue weighted by Crippen LogP contribution is 2.23. The van der Waals surface area contributed by atoms with Crippen LogP contribution in [0, 0.1) is 0 Å². The van der Waals surface area contributed by atoms with Gasteiger partial charge in [0.05, 0.1) is 16.3 Å². The van der Waals surface area contributed by atoms with Gasteiger partial charge in [0.25, 0.3) is 5.56 Å². The van der Waals surface area contributed by atoms with Crippen molar-refractivity contribution in [2.45, 2.75) is 25.0 Å². The molecule has 19 heavy (non-hydrogen) atoms. The quantitative estimate of drug-likeness (QED) is 0.796. The van der Waals surface area contributed by atoms with Crippen LogP contribution in [0.5, 0.6) is 0 Å². The van der Waals surface area contributed by atoms with Crippen LogP contribution in [0.4, 0.5) is 13.2 Å². The van der Waals surface area contributed by atoms with Crippen LogP contribution >= 0.6 is 11.6 Å². The fourth-order valence-corrected chi connectivity index (χ4v) is 1.99. The van der Waals surface area contributed by atoms with Gasteiger partial charge in [-0.25, -0.2) is 4.98 Å². The van der Waals surface area contributed by atoms with Crippen molar-refractivity contribution in [3.05, 3.63) is 40.4 Å². The predicted octanol–water partition coefficient (Wildman–Crippen LogP) is 3.26. The summed E-state index contributed by atoms with van der Waals surface area (Å²) < 4.78 is 38.2. The minimum Gasteiger partial charge on any atom is -0.286 e. The van der Waals surface area contributed by atoms with Crippen molar-refractivity contribution in [3.8, 4) is 0 Å². The molecule has 1 atom stereocenters. The van der Waals surface area contributed by atoms with Crippen LogP contribution in [0.3, 0.4) is 0 Å². The van der Waals surface area contributed by atoms with Gasteiger partial charge >= 0.3 is 6.18 Å². The molecular formula is C12H10ClF3N2O. The summed E-state index contributed by atoms with van der Waals surface area (Å²) in [6.45, 7) is 0.0844. The Kier molecular flexibility index (Phi) is 3.54. The fourth-order valence-electron chi connectivity index (χ4n) is 1.82. The minimum atomic E-state index is -4.51. The van der Waals surface area contributed by atoms with Crippen LogP contribution < -0.4 is 5.56 Å². The molecule has 1 heterocycles. The van der Waals surface area contributed by atoms with Crippen LogP contribution in [0.2, 0.25) is 0 Å². The highest BCUT2D eigenvalue weighted by atomic mass is 35.5. The molecule has 0 N–H and O–H groups in total. The highest BCUT2D eigenvalue weighted by molar-refractivity contribution is 6.20. The molecule has 0 radical (unpaired) electrons. The Morgan fingerprint density at radius 1 is 1.37 bits per heavy atom. The Balaban J connectivity index is 2.75. The second-order valence-corrected chi connectivity index (χ2v) is 4.76. The number of nitrogens with zero attached hydrogens (tertiary/aromatic N) is 2. The molecular weight excluding hydrogens is 281 g/mol. The maximum Gasteiger partial charge on any atom is 0.406 e. The van der Waals surface area contributed by atoms with Gasteiger partial charge in [-0.05, 0) is 19.1 Å². The molecule has 2 rings (SSSR count). The van der Waals surface area contributed by atoms with E-state index in [9.17, 15) is 18.0 Å². The summed E-state index contributed by atoms with van der Waals surface area (Å²) in [7, 11) is 0. The van der Waals surface area contributed by atoms with Gasteiger partial charge in [0.1, 0.15) is 12.4 Å². The molecule has 7 heteroatoms. The third-order valence-electron chi connectivity index (χ3n) is 2.58. The summed E-state index contributed by atoms with van der Waals surface area (Å²) in [5, 5.41) is -0.646. The second-order valence-electron chi connectivity index (χ2n) is 4.11. The number of halogens is 4. The Morgan fingerprint density at radius 3 is 2.58 bits per heavy atom. The first-order valence-corrected chi connectivity index (χ1v) is 5.93. The Morgan fingerprint density at radius 2 is 2.00 bits per heavy atom. The van der Waals surface area contributed by atoms with Crippen LogP contribution in [-0.4, -0.2) is 15.7 Å². The molecule has 0 amide bonds. The first kappa shape index (κ1) is 13.9. The van der Waals surface area contributed by atoms with E-state index in [1.165, 1.54) is 13.0 Å². The standard InChI is InChI=1S/C12H10ClF3N2O/c1-7(13)10-17-9-5-3-2-4-8(9)11(19)18(10)6-12(14,15)16/h2-5,7H,6H2,1H3. The molecule has 0 bridgehead atoms. The fraction of sp³-hybridized carbons (Fsp3) is 0.333. The van der Waals surface area contributed by atoms with Crippen molar-refractivity contribution in [1.82, 2.24) is 9.55 Å². The average Bonchev–Trinajstić information content (AvgIpc) is 2.31. The molecule has 0 saturated heterocycles. The summed E-state index contributed by atoms with van der Waals surface area (Å²) in [5.74, 6) is -0.0808. The number of fused-ring (bicyclic) bond motifs is 1. The van der Waals surface area contributed by atoms with E-state index in [2.05, 4.69) is 4.98 Å². The lowest BCUT2D eigenvalue weighted by Crippen LogP contribution is -2.32. The van der Waals surface area contributed by atoms with Crippen LogP contribution in [0.15, 0.2) is 29.1 Å². The van der Waals surface area contributed by atoms with Crippen molar-refractivity contribution in [2.75, 3.05) is 0 Å². The van der Waals surface area contributed by atoms with E-state index < -0.39 is 23.7 Å². The molecule has 2 aromatic rings. The molecule has 1 unspecified atom stereocenters. The Labute approximate surface area is 111 Å². The van der Waals surface area contributed by atoms with Gasteiger partial charge in [-0.3, -0.25) is 9.36 Å². The van der Waals surface area contributed by atoms with Gasteiger partial charge in [-0.1, -0.05) is 12.1 Å². The van der Waals surface area contributed by atoms with Crippen molar-refractivity contribution >= 4 is 22.5 Å². The van der Waals surface area contributed by atoms with Gasteiger partial charge in [-0.15, -0.1) is 11.6 Å². The molecule has 0 saturated carbocycles. The number of rotatable bonds is 2. The van der Waals surface area contributed by atoms with Crippen molar-refractivity contribution in [2.24, 2.45) is 0 Å². The maximum atomic E-state index is 12.5. The van der Waals surface area contributed by atoms with Gasteiger partial charge in [0.2, 0.25) is 0 Å². The van der Waals surface area contributed by atoms with Gasteiger partial charge in [0.15, 0.2) is 0 Å². The van der Waals surface area contributed by atoms with E-state index in [0.717, 1.165) is 0 Å². The van der Waals surface area contributed by atoms with Gasteiger partial charge in [-0.2, -0.15) is 13.2 Å². The number of hydrogen-bond donors (Lipinski definition) is 0. The van der Waals surface area contributed by atoms with Crippen molar-refractivity contribution in [1.29, 1.82) is 0 Å². The number of benzene rings is 1. The average molecular weight is 291 g/mol. The molecule has 1 aromatic carbocycles. The summed E-state index contributed by atoms with van der Waals surface area (Å²) in [4.78, 5) is 16.1. The molecule has 0 fully saturated rings. The lowest BCUT2D eigenvalue weighted by atomic mass is 10.2. The van der Waals surface area contributed by atoms with Gasteiger partial charge in [0, 0.05) is 0 Å². The molecule has 0 aliphatic heterocycles. The van der Waals surface area contributed by atoms with E-state index in [-0.39, 0.29) is 11.2 Å². The third kappa shape index (κ3) is 2.89. The molecule has 3 nitrogen and oxygen atoms in total. The normalized spacial score (nSPS) is 13.7. The molecule has 102 valence electrons. The Hall–Kier alpha value is -1.56. The smallest absolute Gasteiger partial charge is 0.286 e. The summed E-state index contributed by atoms with van der Waals surface area (Å²) in [6, 6.07) is 6.25. The molecule has 1 aromatic heterocycles. The van der Waals surface area contributed by atoms with Crippen LogP contribution in [0.1, 0.15) is 18.1 Å². The van der Waals surface area contributed by atoms with Crippen LogP contribution in [-0.2, 0) is 6.54 Å². The molecule has 0 aliphatic rings. The summed E-state index contributed by atoms with van der Waals surface area (Å²) in [6.07, 6.45) is -4.51. The van der Waals surface area contributed by atoms with E-state index >= 15 is 0 Å². The van der Waals surface area contributed by atoms with Crippen LogP contribution in [0.25, 0.3) is 10.9 Å². The first-order chi connectivity index (χ1) is 8.79. The molecule has 0 spiro atoms. The zero-order valence-electron chi connectivity index (χ0n) is 9.91. The Bertz CT molecular complexity index is 664. The lowest BCUT2D eigenvalue weighted by molar-refractivity contribution is -0.141. The number of hydrogen-bond acceptors (Lipinski definition) is 2. The zero-order valence-corrected chi connectivity index (χ0v) is 10.7. The first-order valence-electron chi connectivity index (χ1n) is 5.50. The second kappa shape index (κ2) is 4.85. The number of alkyl halides is 4. The zero-order chi connectivity index (χ0) is 14.2. The monoisotopic (exact) mass is 290 g/mol. The summed E-state index contributed by atoms with van der Waals surface area (Å²) >= 11 is 5.82. The number of para-hydroxylation sites is 1. The van der Waals surface area contributed by atoms with E-state index in [0.29, 0.717) is 10.1 Å². The van der Waals surface area contributed by atoms with Gasteiger partial charge < -0.3 is 0 Å².